The fourth-order valence-electron chi connectivity index (χ4n) is 3.71. The SMILES string of the molecule is CCNC(=NCc1ccc(CN2CCCC2)cc1)NCC1(C)CCCO1.I. The molecule has 2 saturated heterocycles. The van der Waals surface area contributed by atoms with Crippen LogP contribution in [0.15, 0.2) is 29.3 Å². The molecule has 1 atom stereocenters. The van der Waals surface area contributed by atoms with Crippen molar-refractivity contribution < 1.29 is 4.74 Å². The van der Waals surface area contributed by atoms with Gasteiger partial charge in [-0.2, -0.15) is 0 Å². The zero-order chi connectivity index (χ0) is 18.2. The highest BCUT2D eigenvalue weighted by Gasteiger charge is 2.29. The third kappa shape index (κ3) is 7.23. The molecule has 1 unspecified atom stereocenters. The summed E-state index contributed by atoms with van der Waals surface area (Å²) in [7, 11) is 0. The number of rotatable bonds is 7. The molecule has 2 aliphatic heterocycles. The highest BCUT2D eigenvalue weighted by atomic mass is 127. The molecule has 27 heavy (non-hydrogen) atoms. The third-order valence-corrected chi connectivity index (χ3v) is 5.32. The average Bonchev–Trinajstić information content (AvgIpc) is 3.31. The molecule has 6 heteroatoms. The van der Waals surface area contributed by atoms with E-state index in [1.807, 2.05) is 0 Å². The van der Waals surface area contributed by atoms with Crippen LogP contribution in [0.25, 0.3) is 0 Å². The minimum atomic E-state index is -0.0621. The molecule has 1 aromatic rings. The molecule has 5 nitrogen and oxygen atoms in total. The maximum Gasteiger partial charge on any atom is 0.191 e. The van der Waals surface area contributed by atoms with E-state index in [2.05, 4.69) is 53.6 Å². The number of hydrogen-bond acceptors (Lipinski definition) is 3. The van der Waals surface area contributed by atoms with Gasteiger partial charge in [0.05, 0.1) is 12.1 Å². The van der Waals surface area contributed by atoms with Gasteiger partial charge in [-0.15, -0.1) is 24.0 Å². The first-order valence-electron chi connectivity index (χ1n) is 10.1. The normalized spacial score (nSPS) is 23.3. The van der Waals surface area contributed by atoms with Gasteiger partial charge in [0, 0.05) is 26.2 Å². The maximum absolute atomic E-state index is 5.85. The van der Waals surface area contributed by atoms with Crippen LogP contribution in [-0.4, -0.2) is 49.2 Å². The second-order valence-corrected chi connectivity index (χ2v) is 7.75. The molecule has 0 aliphatic carbocycles. The first-order valence-corrected chi connectivity index (χ1v) is 10.1. The summed E-state index contributed by atoms with van der Waals surface area (Å²) >= 11 is 0. The van der Waals surface area contributed by atoms with Gasteiger partial charge in [-0.3, -0.25) is 4.90 Å². The minimum absolute atomic E-state index is 0. The Hall–Kier alpha value is -0.860. The lowest BCUT2D eigenvalue weighted by atomic mass is 10.0. The van der Waals surface area contributed by atoms with Gasteiger partial charge in [0.2, 0.25) is 0 Å². The number of nitrogens with one attached hydrogen (secondary N) is 2. The molecule has 0 spiro atoms. The van der Waals surface area contributed by atoms with Crippen LogP contribution in [0.3, 0.4) is 0 Å². The molecule has 0 saturated carbocycles. The first kappa shape index (κ1) is 22.4. The van der Waals surface area contributed by atoms with Crippen molar-refractivity contribution >= 4 is 29.9 Å². The predicted molar refractivity (Wildman–Crippen MR) is 123 cm³/mol. The second-order valence-electron chi connectivity index (χ2n) is 7.75. The highest BCUT2D eigenvalue weighted by Crippen LogP contribution is 2.23. The second kappa shape index (κ2) is 11.2. The van der Waals surface area contributed by atoms with Crippen LogP contribution in [-0.2, 0) is 17.8 Å². The lowest BCUT2D eigenvalue weighted by molar-refractivity contribution is 0.0243. The Bertz CT molecular complexity index is 578. The summed E-state index contributed by atoms with van der Waals surface area (Å²) in [5.41, 5.74) is 2.58. The molecule has 0 aromatic heterocycles. The standard InChI is InChI=1S/C21H34N4O.HI/c1-3-22-20(24-17-21(2)11-6-14-26-21)23-15-18-7-9-19(10-8-18)16-25-12-4-5-13-25;/h7-10H,3-6,11-17H2,1-2H3,(H2,22,23,24);1H. The third-order valence-electron chi connectivity index (χ3n) is 5.32. The topological polar surface area (TPSA) is 48.9 Å². The van der Waals surface area contributed by atoms with Crippen molar-refractivity contribution in [1.29, 1.82) is 0 Å². The molecule has 2 N–H and O–H groups in total. The summed E-state index contributed by atoms with van der Waals surface area (Å²) in [5.74, 6) is 0.866. The number of aliphatic imine (C=N–C) groups is 1. The van der Waals surface area contributed by atoms with E-state index in [1.165, 1.54) is 37.1 Å². The number of ether oxygens (including phenoxy) is 1. The van der Waals surface area contributed by atoms with E-state index in [9.17, 15) is 0 Å². The van der Waals surface area contributed by atoms with E-state index >= 15 is 0 Å². The van der Waals surface area contributed by atoms with Gasteiger partial charge in [0.1, 0.15) is 0 Å². The van der Waals surface area contributed by atoms with Crippen molar-refractivity contribution in [2.75, 3.05) is 32.8 Å². The molecule has 2 heterocycles. The zero-order valence-electron chi connectivity index (χ0n) is 16.8. The van der Waals surface area contributed by atoms with Gasteiger partial charge in [0.25, 0.3) is 0 Å². The Kier molecular flexibility index (Phi) is 9.32. The van der Waals surface area contributed by atoms with Crippen molar-refractivity contribution in [2.45, 2.75) is 58.2 Å². The monoisotopic (exact) mass is 486 g/mol. The van der Waals surface area contributed by atoms with E-state index in [4.69, 9.17) is 9.73 Å². The molecule has 3 rings (SSSR count). The number of hydrogen-bond donors (Lipinski definition) is 2. The number of halogens is 1. The van der Waals surface area contributed by atoms with Crippen molar-refractivity contribution in [3.8, 4) is 0 Å². The Morgan fingerprint density at radius 3 is 2.44 bits per heavy atom. The van der Waals surface area contributed by atoms with E-state index in [-0.39, 0.29) is 29.6 Å². The molecule has 1 aromatic carbocycles. The van der Waals surface area contributed by atoms with Gasteiger partial charge in [-0.25, -0.2) is 4.99 Å². The van der Waals surface area contributed by atoms with Gasteiger partial charge in [-0.05, 0) is 63.7 Å². The zero-order valence-corrected chi connectivity index (χ0v) is 19.1. The van der Waals surface area contributed by atoms with Gasteiger partial charge >= 0.3 is 0 Å². The van der Waals surface area contributed by atoms with E-state index in [0.717, 1.165) is 45.0 Å². The Morgan fingerprint density at radius 1 is 1.11 bits per heavy atom. The fraction of sp³-hybridized carbons (Fsp3) is 0.667. The summed E-state index contributed by atoms with van der Waals surface area (Å²) in [5, 5.41) is 6.77. The quantitative estimate of drug-likeness (QED) is 0.352. The van der Waals surface area contributed by atoms with Crippen LogP contribution >= 0.6 is 24.0 Å². The molecular formula is C21H35IN4O. The van der Waals surface area contributed by atoms with Crippen molar-refractivity contribution in [3.63, 3.8) is 0 Å². The van der Waals surface area contributed by atoms with Crippen molar-refractivity contribution in [3.05, 3.63) is 35.4 Å². The molecular weight excluding hydrogens is 451 g/mol. The number of benzene rings is 1. The van der Waals surface area contributed by atoms with Crippen LogP contribution in [0.2, 0.25) is 0 Å². The van der Waals surface area contributed by atoms with E-state index < -0.39 is 0 Å². The fourth-order valence-corrected chi connectivity index (χ4v) is 3.71. The Labute approximate surface area is 181 Å². The van der Waals surface area contributed by atoms with E-state index in [1.54, 1.807) is 0 Å². The summed E-state index contributed by atoms with van der Waals surface area (Å²) < 4.78 is 5.85. The average molecular weight is 486 g/mol. The van der Waals surface area contributed by atoms with Crippen molar-refractivity contribution in [2.24, 2.45) is 4.99 Å². The smallest absolute Gasteiger partial charge is 0.191 e. The molecule has 2 fully saturated rings. The van der Waals surface area contributed by atoms with Gasteiger partial charge in [0.15, 0.2) is 5.96 Å². The molecule has 2 aliphatic rings. The Morgan fingerprint density at radius 2 is 1.81 bits per heavy atom. The first-order chi connectivity index (χ1) is 12.7. The summed E-state index contributed by atoms with van der Waals surface area (Å²) in [6.07, 6.45) is 4.95. The van der Waals surface area contributed by atoms with Crippen LogP contribution in [0, 0.1) is 0 Å². The van der Waals surface area contributed by atoms with E-state index in [0.29, 0.717) is 6.54 Å². The molecule has 0 amide bonds. The van der Waals surface area contributed by atoms with Crippen LogP contribution in [0.4, 0.5) is 0 Å². The summed E-state index contributed by atoms with van der Waals surface area (Å²) in [4.78, 5) is 7.27. The lowest BCUT2D eigenvalue weighted by Crippen LogP contribution is -2.45. The maximum atomic E-state index is 5.85. The number of nitrogens with zero attached hydrogens (tertiary/aromatic N) is 2. The lowest BCUT2D eigenvalue weighted by Gasteiger charge is -2.24. The largest absolute Gasteiger partial charge is 0.373 e. The van der Waals surface area contributed by atoms with Gasteiger partial charge in [-0.1, -0.05) is 24.3 Å². The molecule has 0 bridgehead atoms. The van der Waals surface area contributed by atoms with Gasteiger partial charge < -0.3 is 15.4 Å². The summed E-state index contributed by atoms with van der Waals surface area (Å²) in [6.45, 7) is 11.1. The number of likely N-dealkylation sites (tertiary alicyclic amines) is 1. The predicted octanol–water partition coefficient (Wildman–Crippen LogP) is 3.52. The highest BCUT2D eigenvalue weighted by molar-refractivity contribution is 14.0. The minimum Gasteiger partial charge on any atom is -0.373 e. The number of guanidine groups is 1. The van der Waals surface area contributed by atoms with Crippen LogP contribution in [0.5, 0.6) is 0 Å². The van der Waals surface area contributed by atoms with Crippen LogP contribution in [0.1, 0.15) is 50.7 Å². The summed E-state index contributed by atoms with van der Waals surface area (Å²) in [6, 6.07) is 8.91. The molecule has 152 valence electrons. The van der Waals surface area contributed by atoms with Crippen molar-refractivity contribution in [1.82, 2.24) is 15.5 Å². The molecule has 0 radical (unpaired) electrons. The van der Waals surface area contributed by atoms with Crippen LogP contribution < -0.4 is 10.6 Å². The Balaban J connectivity index is 0.00000261.